The first-order valence-corrected chi connectivity index (χ1v) is 7.73. The van der Waals surface area contributed by atoms with Gasteiger partial charge in [0.2, 0.25) is 0 Å². The average Bonchev–Trinajstić information content (AvgIpc) is 3.18. The molecule has 0 aliphatic heterocycles. The van der Waals surface area contributed by atoms with Crippen molar-refractivity contribution in [3.63, 3.8) is 0 Å². The third-order valence-corrected chi connectivity index (χ3v) is 4.35. The van der Waals surface area contributed by atoms with E-state index in [0.717, 1.165) is 21.3 Å². The SMILES string of the molecule is O=C(Cc1cccs1)OCc1csc(-c2ccco2)n1. The molecule has 0 spiro atoms. The summed E-state index contributed by atoms with van der Waals surface area (Å²) in [4.78, 5) is 17.0. The van der Waals surface area contributed by atoms with Crippen LogP contribution in [0.15, 0.2) is 45.7 Å². The maximum absolute atomic E-state index is 11.7. The normalized spacial score (nSPS) is 10.6. The van der Waals surface area contributed by atoms with Crippen molar-refractivity contribution in [1.82, 2.24) is 4.98 Å². The zero-order valence-corrected chi connectivity index (χ0v) is 12.1. The van der Waals surface area contributed by atoms with Crippen molar-refractivity contribution in [1.29, 1.82) is 0 Å². The summed E-state index contributed by atoms with van der Waals surface area (Å²) in [5.74, 6) is 0.492. The molecule has 0 atom stereocenters. The lowest BCUT2D eigenvalue weighted by atomic mass is 10.3. The number of hydrogen-bond donors (Lipinski definition) is 0. The molecule has 0 aliphatic rings. The second-order valence-corrected chi connectivity index (χ2v) is 5.93. The Morgan fingerprint density at radius 1 is 1.30 bits per heavy atom. The highest BCUT2D eigenvalue weighted by Crippen LogP contribution is 2.24. The van der Waals surface area contributed by atoms with Crippen LogP contribution in [0.1, 0.15) is 10.6 Å². The van der Waals surface area contributed by atoms with Crippen LogP contribution in [0.25, 0.3) is 10.8 Å². The van der Waals surface area contributed by atoms with E-state index in [9.17, 15) is 4.79 Å². The van der Waals surface area contributed by atoms with Crippen LogP contribution < -0.4 is 0 Å². The summed E-state index contributed by atoms with van der Waals surface area (Å²) in [6, 6.07) is 7.51. The molecule has 0 saturated carbocycles. The van der Waals surface area contributed by atoms with Crippen LogP contribution in [-0.4, -0.2) is 11.0 Å². The van der Waals surface area contributed by atoms with Crippen LogP contribution in [0.4, 0.5) is 0 Å². The van der Waals surface area contributed by atoms with Crippen molar-refractivity contribution in [2.45, 2.75) is 13.0 Å². The molecule has 0 radical (unpaired) electrons. The van der Waals surface area contributed by atoms with Crippen LogP contribution in [0.2, 0.25) is 0 Å². The molecule has 0 N–H and O–H groups in total. The molecule has 4 nitrogen and oxygen atoms in total. The minimum absolute atomic E-state index is 0.196. The highest BCUT2D eigenvalue weighted by Gasteiger charge is 2.10. The number of ether oxygens (including phenoxy) is 1. The zero-order chi connectivity index (χ0) is 13.8. The van der Waals surface area contributed by atoms with Gasteiger partial charge in [0.25, 0.3) is 0 Å². The molecular weight excluding hydrogens is 294 g/mol. The lowest BCUT2D eigenvalue weighted by molar-refractivity contribution is -0.144. The third kappa shape index (κ3) is 3.15. The molecule has 3 rings (SSSR count). The van der Waals surface area contributed by atoms with E-state index in [1.54, 1.807) is 17.6 Å². The van der Waals surface area contributed by atoms with E-state index in [4.69, 9.17) is 9.15 Å². The van der Waals surface area contributed by atoms with Gasteiger partial charge in [0.1, 0.15) is 6.61 Å². The van der Waals surface area contributed by atoms with E-state index in [1.165, 1.54) is 11.3 Å². The fraction of sp³-hybridized carbons (Fsp3) is 0.143. The fourth-order valence-corrected chi connectivity index (χ4v) is 3.11. The van der Waals surface area contributed by atoms with E-state index in [-0.39, 0.29) is 12.6 Å². The van der Waals surface area contributed by atoms with Gasteiger partial charge in [-0.2, -0.15) is 0 Å². The summed E-state index contributed by atoms with van der Waals surface area (Å²) in [5.41, 5.74) is 0.737. The minimum Gasteiger partial charge on any atom is -0.462 e. The number of carbonyl (C=O) groups excluding carboxylic acids is 1. The Bertz CT molecular complexity index is 671. The molecule has 3 aromatic rings. The summed E-state index contributed by atoms with van der Waals surface area (Å²) < 4.78 is 10.5. The van der Waals surface area contributed by atoms with Gasteiger partial charge < -0.3 is 9.15 Å². The molecular formula is C14H11NO3S2. The van der Waals surface area contributed by atoms with Gasteiger partial charge in [-0.3, -0.25) is 4.79 Å². The van der Waals surface area contributed by atoms with Gasteiger partial charge in [0, 0.05) is 10.3 Å². The Morgan fingerprint density at radius 3 is 3.00 bits per heavy atom. The van der Waals surface area contributed by atoms with Crippen LogP contribution in [-0.2, 0) is 22.6 Å². The standard InChI is InChI=1S/C14H11NO3S2/c16-13(7-11-3-2-6-19-11)18-8-10-9-20-14(15-10)12-4-1-5-17-12/h1-6,9H,7-8H2. The molecule has 102 valence electrons. The second-order valence-electron chi connectivity index (χ2n) is 4.04. The maximum atomic E-state index is 11.7. The number of nitrogens with zero attached hydrogens (tertiary/aromatic N) is 1. The molecule has 0 amide bonds. The zero-order valence-electron chi connectivity index (χ0n) is 10.4. The molecule has 6 heteroatoms. The molecule has 0 saturated heterocycles. The second kappa shape index (κ2) is 6.02. The van der Waals surface area contributed by atoms with Crippen molar-refractivity contribution in [2.75, 3.05) is 0 Å². The van der Waals surface area contributed by atoms with Gasteiger partial charge in [-0.1, -0.05) is 6.07 Å². The molecule has 0 aliphatic carbocycles. The lowest BCUT2D eigenvalue weighted by Crippen LogP contribution is -2.07. The summed E-state index contributed by atoms with van der Waals surface area (Å²) in [6.07, 6.45) is 1.92. The topological polar surface area (TPSA) is 52.3 Å². The number of carbonyl (C=O) groups is 1. The Kier molecular flexibility index (Phi) is 3.94. The lowest BCUT2D eigenvalue weighted by Gasteiger charge is -2.01. The summed E-state index contributed by atoms with van der Waals surface area (Å²) in [5, 5.41) is 4.61. The van der Waals surface area contributed by atoms with Crippen molar-refractivity contribution in [2.24, 2.45) is 0 Å². The smallest absolute Gasteiger partial charge is 0.311 e. The van der Waals surface area contributed by atoms with Gasteiger partial charge in [0.05, 0.1) is 18.4 Å². The Balaban J connectivity index is 1.55. The van der Waals surface area contributed by atoms with E-state index >= 15 is 0 Å². The first kappa shape index (κ1) is 13.1. The third-order valence-electron chi connectivity index (χ3n) is 2.56. The van der Waals surface area contributed by atoms with Crippen LogP contribution in [0, 0.1) is 0 Å². The molecule has 0 aromatic carbocycles. The van der Waals surface area contributed by atoms with Gasteiger partial charge in [0.15, 0.2) is 10.8 Å². The van der Waals surface area contributed by atoms with E-state index in [1.807, 2.05) is 35.0 Å². The number of esters is 1. The predicted octanol–water partition coefficient (Wildman–Crippen LogP) is 3.75. The van der Waals surface area contributed by atoms with Gasteiger partial charge in [-0.05, 0) is 23.6 Å². The predicted molar refractivity (Wildman–Crippen MR) is 77.6 cm³/mol. The van der Waals surface area contributed by atoms with Crippen LogP contribution in [0.3, 0.4) is 0 Å². The van der Waals surface area contributed by atoms with Crippen molar-refractivity contribution >= 4 is 28.6 Å². The Morgan fingerprint density at radius 2 is 2.25 bits per heavy atom. The Hall–Kier alpha value is -1.92. The fourth-order valence-electron chi connectivity index (χ4n) is 1.65. The molecule has 3 heterocycles. The number of thiazole rings is 1. The maximum Gasteiger partial charge on any atom is 0.311 e. The molecule has 20 heavy (non-hydrogen) atoms. The number of rotatable bonds is 5. The van der Waals surface area contributed by atoms with E-state index in [2.05, 4.69) is 4.98 Å². The molecule has 0 fully saturated rings. The minimum atomic E-state index is -0.236. The average molecular weight is 305 g/mol. The summed E-state index contributed by atoms with van der Waals surface area (Å²) >= 11 is 3.02. The summed E-state index contributed by atoms with van der Waals surface area (Å²) in [6.45, 7) is 0.196. The van der Waals surface area contributed by atoms with E-state index < -0.39 is 0 Å². The van der Waals surface area contributed by atoms with Crippen molar-refractivity contribution in [3.05, 3.63) is 51.9 Å². The first-order chi connectivity index (χ1) is 9.81. The number of hydrogen-bond acceptors (Lipinski definition) is 6. The first-order valence-electron chi connectivity index (χ1n) is 5.97. The number of thiophene rings is 1. The molecule has 0 unspecified atom stereocenters. The van der Waals surface area contributed by atoms with Crippen LogP contribution in [0.5, 0.6) is 0 Å². The van der Waals surface area contributed by atoms with Crippen LogP contribution >= 0.6 is 22.7 Å². The largest absolute Gasteiger partial charge is 0.462 e. The van der Waals surface area contributed by atoms with Crippen molar-refractivity contribution < 1.29 is 13.9 Å². The number of furan rings is 1. The summed E-state index contributed by atoms with van der Waals surface area (Å²) in [7, 11) is 0. The van der Waals surface area contributed by atoms with Crippen molar-refractivity contribution in [3.8, 4) is 10.8 Å². The van der Waals surface area contributed by atoms with E-state index in [0.29, 0.717) is 6.42 Å². The Labute approximate surface area is 123 Å². The molecule has 0 bridgehead atoms. The quantitative estimate of drug-likeness (QED) is 0.674. The van der Waals surface area contributed by atoms with Gasteiger partial charge in [-0.25, -0.2) is 4.98 Å². The molecule has 3 aromatic heterocycles. The highest BCUT2D eigenvalue weighted by atomic mass is 32.1. The monoisotopic (exact) mass is 305 g/mol. The highest BCUT2D eigenvalue weighted by molar-refractivity contribution is 7.13. The van der Waals surface area contributed by atoms with Gasteiger partial charge >= 0.3 is 5.97 Å². The van der Waals surface area contributed by atoms with Gasteiger partial charge in [-0.15, -0.1) is 22.7 Å². The number of aromatic nitrogens is 1.